The Morgan fingerprint density at radius 2 is 2.05 bits per heavy atom. The maximum absolute atomic E-state index is 11.5. The summed E-state index contributed by atoms with van der Waals surface area (Å²) in [6.45, 7) is 0. The minimum Gasteiger partial charge on any atom is -0.355 e. The van der Waals surface area contributed by atoms with E-state index in [2.05, 4.69) is 20.9 Å². The summed E-state index contributed by atoms with van der Waals surface area (Å²) < 4.78 is 1.40. The van der Waals surface area contributed by atoms with Crippen LogP contribution in [0.5, 0.6) is 0 Å². The summed E-state index contributed by atoms with van der Waals surface area (Å²) in [4.78, 5) is 32.7. The molecule has 112 valence electrons. The minimum atomic E-state index is -0.672. The van der Waals surface area contributed by atoms with E-state index in [0.29, 0.717) is 11.5 Å². The Morgan fingerprint density at radius 3 is 2.64 bits per heavy atom. The molecule has 0 saturated carbocycles. The number of carbonyl (C=O) groups excluding carboxylic acids is 2. The van der Waals surface area contributed by atoms with E-state index in [9.17, 15) is 19.7 Å². The zero-order valence-electron chi connectivity index (χ0n) is 11.1. The van der Waals surface area contributed by atoms with Crippen molar-refractivity contribution in [3.8, 4) is 5.69 Å². The van der Waals surface area contributed by atoms with E-state index in [0.717, 1.165) is 0 Å². The molecule has 1 aliphatic rings. The molecule has 2 N–H and O–H groups in total. The zero-order chi connectivity index (χ0) is 15.7. The van der Waals surface area contributed by atoms with E-state index < -0.39 is 16.9 Å². The highest BCUT2D eigenvalue weighted by Gasteiger charge is 2.30. The van der Waals surface area contributed by atoms with Gasteiger partial charge in [0, 0.05) is 12.1 Å². The Bertz CT molecular complexity index is 753. The zero-order valence-corrected chi connectivity index (χ0v) is 11.1. The maximum Gasteiger partial charge on any atom is 0.269 e. The summed E-state index contributed by atoms with van der Waals surface area (Å²) in [5, 5.41) is 23.3. The molecule has 1 fully saturated rings. The van der Waals surface area contributed by atoms with Crippen LogP contribution in [0.3, 0.4) is 0 Å². The van der Waals surface area contributed by atoms with Crippen LogP contribution in [0.4, 0.5) is 11.5 Å². The Morgan fingerprint density at radius 1 is 1.32 bits per heavy atom. The Labute approximate surface area is 123 Å². The first kappa shape index (κ1) is 13.7. The molecule has 1 unspecified atom stereocenters. The molecule has 0 radical (unpaired) electrons. The van der Waals surface area contributed by atoms with E-state index >= 15 is 0 Å². The fraction of sp³-hybridized carbons (Fsp3) is 0.167. The largest absolute Gasteiger partial charge is 0.355 e. The smallest absolute Gasteiger partial charge is 0.269 e. The van der Waals surface area contributed by atoms with Crippen LogP contribution >= 0.6 is 0 Å². The lowest BCUT2D eigenvalue weighted by Gasteiger charge is -2.05. The van der Waals surface area contributed by atoms with E-state index in [4.69, 9.17) is 0 Å². The number of nitro benzene ring substituents is 1. The third-order valence-corrected chi connectivity index (χ3v) is 3.11. The fourth-order valence-electron chi connectivity index (χ4n) is 2.03. The number of non-ortho nitro benzene ring substituents is 1. The van der Waals surface area contributed by atoms with Gasteiger partial charge in [0.05, 0.1) is 23.2 Å². The lowest BCUT2D eigenvalue weighted by atomic mass is 10.2. The van der Waals surface area contributed by atoms with Gasteiger partial charge in [-0.05, 0) is 12.1 Å². The molecule has 1 aliphatic heterocycles. The van der Waals surface area contributed by atoms with Gasteiger partial charge in [0.25, 0.3) is 5.69 Å². The minimum absolute atomic E-state index is 0.0247. The first-order chi connectivity index (χ1) is 10.5. The number of hydrogen-bond acceptors (Lipinski definition) is 7. The van der Waals surface area contributed by atoms with Crippen molar-refractivity contribution in [3.05, 3.63) is 40.6 Å². The van der Waals surface area contributed by atoms with Crippen LogP contribution in [-0.2, 0) is 9.59 Å². The third-order valence-electron chi connectivity index (χ3n) is 3.11. The molecular formula is C12H10N6O4. The molecule has 3 rings (SSSR count). The summed E-state index contributed by atoms with van der Waals surface area (Å²) in [7, 11) is 0. The van der Waals surface area contributed by atoms with Gasteiger partial charge >= 0.3 is 0 Å². The van der Waals surface area contributed by atoms with Crippen molar-refractivity contribution in [1.82, 2.24) is 20.3 Å². The number of amides is 2. The Balaban J connectivity index is 1.74. The van der Waals surface area contributed by atoms with Crippen LogP contribution in [0.2, 0.25) is 0 Å². The van der Waals surface area contributed by atoms with E-state index in [1.165, 1.54) is 35.1 Å². The number of carbonyl (C=O) groups is 2. The van der Waals surface area contributed by atoms with Crippen molar-refractivity contribution in [2.75, 3.05) is 5.32 Å². The van der Waals surface area contributed by atoms with Crippen LogP contribution in [0, 0.1) is 10.1 Å². The van der Waals surface area contributed by atoms with Crippen molar-refractivity contribution in [3.63, 3.8) is 0 Å². The van der Waals surface area contributed by atoms with Gasteiger partial charge in [-0.25, -0.2) is 4.68 Å². The molecule has 2 heterocycles. The molecule has 10 nitrogen and oxygen atoms in total. The molecule has 1 atom stereocenters. The number of nitrogens with zero attached hydrogens (tertiary/aromatic N) is 4. The van der Waals surface area contributed by atoms with Crippen LogP contribution in [0.1, 0.15) is 6.42 Å². The predicted octanol–water partition coefficient (Wildman–Crippen LogP) is 0.00250. The molecular weight excluding hydrogens is 292 g/mol. The second kappa shape index (κ2) is 5.24. The van der Waals surface area contributed by atoms with Crippen molar-refractivity contribution in [1.29, 1.82) is 0 Å². The molecule has 22 heavy (non-hydrogen) atoms. The van der Waals surface area contributed by atoms with Gasteiger partial charge in [0.2, 0.25) is 11.8 Å². The van der Waals surface area contributed by atoms with E-state index in [1.54, 1.807) is 0 Å². The number of nitrogens with one attached hydrogen (secondary N) is 2. The van der Waals surface area contributed by atoms with E-state index in [1.807, 2.05) is 0 Å². The van der Waals surface area contributed by atoms with Gasteiger partial charge in [-0.3, -0.25) is 25.0 Å². The average molecular weight is 302 g/mol. The number of nitro groups is 1. The highest BCUT2D eigenvalue weighted by atomic mass is 16.6. The second-order valence-corrected chi connectivity index (χ2v) is 4.64. The number of aromatic nitrogens is 3. The quantitative estimate of drug-likeness (QED) is 0.461. The van der Waals surface area contributed by atoms with Crippen molar-refractivity contribution < 1.29 is 14.5 Å². The highest BCUT2D eigenvalue weighted by molar-refractivity contribution is 6.06. The predicted molar refractivity (Wildman–Crippen MR) is 73.2 cm³/mol. The molecule has 1 aromatic carbocycles. The van der Waals surface area contributed by atoms with Crippen molar-refractivity contribution in [2.45, 2.75) is 12.5 Å². The van der Waals surface area contributed by atoms with Crippen molar-refractivity contribution >= 4 is 23.3 Å². The average Bonchev–Trinajstić information content (AvgIpc) is 3.06. The highest BCUT2D eigenvalue weighted by Crippen LogP contribution is 2.16. The summed E-state index contributed by atoms with van der Waals surface area (Å²) in [5.74, 6) is -0.423. The van der Waals surface area contributed by atoms with Crippen LogP contribution in [0.15, 0.2) is 30.5 Å². The van der Waals surface area contributed by atoms with Crippen LogP contribution in [0.25, 0.3) is 5.69 Å². The number of benzene rings is 1. The molecule has 1 aromatic heterocycles. The van der Waals surface area contributed by atoms with Gasteiger partial charge in [0.1, 0.15) is 6.04 Å². The summed E-state index contributed by atoms with van der Waals surface area (Å²) in [5.41, 5.74) is 0.557. The molecule has 0 spiro atoms. The van der Waals surface area contributed by atoms with Crippen molar-refractivity contribution in [2.24, 2.45) is 0 Å². The molecule has 0 bridgehead atoms. The third kappa shape index (κ3) is 2.61. The van der Waals surface area contributed by atoms with Gasteiger partial charge in [0.15, 0.2) is 5.82 Å². The summed E-state index contributed by atoms with van der Waals surface area (Å²) in [6, 6.07) is 5.10. The molecule has 0 aliphatic carbocycles. The molecule has 10 heteroatoms. The van der Waals surface area contributed by atoms with Crippen LogP contribution < -0.4 is 10.6 Å². The molecule has 2 amide bonds. The Kier molecular flexibility index (Phi) is 3.26. The maximum atomic E-state index is 11.5. The number of imide groups is 1. The lowest BCUT2D eigenvalue weighted by Crippen LogP contribution is -2.30. The topological polar surface area (TPSA) is 132 Å². The fourth-order valence-corrected chi connectivity index (χ4v) is 2.03. The van der Waals surface area contributed by atoms with Gasteiger partial charge < -0.3 is 5.32 Å². The van der Waals surface area contributed by atoms with Crippen LogP contribution in [-0.4, -0.2) is 37.8 Å². The number of anilines is 1. The first-order valence-electron chi connectivity index (χ1n) is 6.30. The molecule has 2 aromatic rings. The normalized spacial score (nSPS) is 17.4. The first-order valence-corrected chi connectivity index (χ1v) is 6.30. The number of rotatable bonds is 4. The molecule has 1 saturated heterocycles. The lowest BCUT2D eigenvalue weighted by molar-refractivity contribution is -0.384. The summed E-state index contributed by atoms with van der Waals surface area (Å²) >= 11 is 0. The SMILES string of the molecule is O=C1CC(Nc2cn(-c3ccc([N+](=O)[O-])cc3)nn2)C(=O)N1. The number of hydrogen-bond donors (Lipinski definition) is 2. The standard InChI is InChI=1S/C12H10N6O4/c19-11-5-9(12(20)14-11)13-10-6-17(16-15-10)7-1-3-8(4-2-7)18(21)22/h1-4,6,9,13H,5H2,(H,14,19,20). The second-order valence-electron chi connectivity index (χ2n) is 4.64. The summed E-state index contributed by atoms with van der Waals surface area (Å²) in [6.07, 6.45) is 1.57. The van der Waals surface area contributed by atoms with Gasteiger partial charge in [-0.1, -0.05) is 5.21 Å². The monoisotopic (exact) mass is 302 g/mol. The van der Waals surface area contributed by atoms with Gasteiger partial charge in [-0.15, -0.1) is 5.10 Å². The Hall–Kier alpha value is -3.30. The van der Waals surface area contributed by atoms with Gasteiger partial charge in [-0.2, -0.15) is 0 Å². The van der Waals surface area contributed by atoms with E-state index in [-0.39, 0.29) is 18.0 Å².